The Morgan fingerprint density at radius 3 is 2.54 bits per heavy atom. The second kappa shape index (κ2) is 8.09. The molecular weight excluding hydrogens is 328 g/mol. The lowest BCUT2D eigenvalue weighted by Crippen LogP contribution is -2.51. The molecule has 1 aromatic rings. The smallest absolute Gasteiger partial charge is 0.224 e. The predicted octanol–water partition coefficient (Wildman–Crippen LogP) is 0.951. The van der Waals surface area contributed by atoms with Crippen LogP contribution in [0.1, 0.15) is 18.0 Å². The van der Waals surface area contributed by atoms with Crippen LogP contribution in [-0.4, -0.2) is 76.0 Å². The molecule has 0 bridgehead atoms. The normalized spacial score (nSPS) is 21.9. The molecule has 1 amide bonds. The van der Waals surface area contributed by atoms with Gasteiger partial charge >= 0.3 is 0 Å². The Hall–Kier alpha value is -1.44. The third-order valence-corrected chi connectivity index (χ3v) is 4.99. The summed E-state index contributed by atoms with van der Waals surface area (Å²) in [6.45, 7) is 1.63. The summed E-state index contributed by atoms with van der Waals surface area (Å²) in [6.07, 6.45) is 1.03. The van der Waals surface area contributed by atoms with E-state index in [1.54, 1.807) is 4.90 Å². The van der Waals surface area contributed by atoms with Crippen LogP contribution in [0.5, 0.6) is 0 Å². The van der Waals surface area contributed by atoms with Gasteiger partial charge in [-0.1, -0.05) is 30.3 Å². The Kier molecular flexibility index (Phi) is 6.37. The number of ether oxygens (including phenoxy) is 1. The van der Waals surface area contributed by atoms with Gasteiger partial charge in [0.2, 0.25) is 5.91 Å². The van der Waals surface area contributed by atoms with E-state index in [2.05, 4.69) is 0 Å². The Bertz CT molecular complexity index is 646. The van der Waals surface area contributed by atoms with Crippen molar-refractivity contribution in [1.29, 1.82) is 0 Å². The van der Waals surface area contributed by atoms with Crippen LogP contribution in [0, 0.1) is 0 Å². The quantitative estimate of drug-likeness (QED) is 0.761. The van der Waals surface area contributed by atoms with Crippen molar-refractivity contribution < 1.29 is 17.9 Å². The van der Waals surface area contributed by atoms with Crippen molar-refractivity contribution in [3.63, 3.8) is 0 Å². The zero-order chi connectivity index (χ0) is 17.7. The van der Waals surface area contributed by atoms with Crippen LogP contribution in [-0.2, 0) is 19.4 Å². The van der Waals surface area contributed by atoms with Crippen molar-refractivity contribution in [2.45, 2.75) is 18.6 Å². The summed E-state index contributed by atoms with van der Waals surface area (Å²) in [5.74, 6) is -0.260. The first kappa shape index (κ1) is 18.9. The molecule has 134 valence electrons. The third-order valence-electron chi connectivity index (χ3n) is 4.05. The number of amides is 1. The molecule has 1 fully saturated rings. The highest BCUT2D eigenvalue weighted by molar-refractivity contribution is 7.90. The summed E-state index contributed by atoms with van der Waals surface area (Å²) >= 11 is 0. The van der Waals surface area contributed by atoms with E-state index < -0.39 is 9.84 Å². The molecule has 0 spiro atoms. The van der Waals surface area contributed by atoms with Gasteiger partial charge in [0, 0.05) is 25.8 Å². The minimum Gasteiger partial charge on any atom is -0.373 e. The number of rotatable bonds is 6. The SMILES string of the molecule is CN(C)C[C@@H]1OCCN(C(=O)CCS(C)(=O)=O)[C@H]1c1ccccc1. The highest BCUT2D eigenvalue weighted by atomic mass is 32.2. The third kappa shape index (κ3) is 5.29. The maximum atomic E-state index is 12.7. The molecule has 24 heavy (non-hydrogen) atoms. The molecule has 1 aliphatic rings. The zero-order valence-corrected chi connectivity index (χ0v) is 15.3. The Labute approximate surface area is 144 Å². The first-order chi connectivity index (χ1) is 11.3. The van der Waals surface area contributed by atoms with E-state index in [-0.39, 0.29) is 30.2 Å². The number of sulfone groups is 1. The average Bonchev–Trinajstić information content (AvgIpc) is 2.52. The van der Waals surface area contributed by atoms with Gasteiger partial charge in [0.25, 0.3) is 0 Å². The fraction of sp³-hybridized carbons (Fsp3) is 0.588. The van der Waals surface area contributed by atoms with E-state index in [4.69, 9.17) is 4.74 Å². The van der Waals surface area contributed by atoms with Gasteiger partial charge in [-0.2, -0.15) is 0 Å². The Morgan fingerprint density at radius 2 is 1.96 bits per heavy atom. The summed E-state index contributed by atoms with van der Waals surface area (Å²) < 4.78 is 28.7. The van der Waals surface area contributed by atoms with Gasteiger partial charge in [0.15, 0.2) is 0 Å². The first-order valence-corrected chi connectivity index (χ1v) is 10.1. The largest absolute Gasteiger partial charge is 0.373 e. The van der Waals surface area contributed by atoms with E-state index in [0.717, 1.165) is 11.8 Å². The standard InChI is InChI=1S/C17H26N2O4S/c1-18(2)13-15-17(14-7-5-4-6-8-14)19(10-11-23-15)16(20)9-12-24(3,21)22/h4-8,15,17H,9-13H2,1-3H3/t15-,17-/m0/s1. The van der Waals surface area contributed by atoms with Gasteiger partial charge in [-0.15, -0.1) is 0 Å². The van der Waals surface area contributed by atoms with E-state index >= 15 is 0 Å². The van der Waals surface area contributed by atoms with Crippen molar-refractivity contribution in [2.24, 2.45) is 0 Å². The van der Waals surface area contributed by atoms with Crippen molar-refractivity contribution in [3.8, 4) is 0 Å². The van der Waals surface area contributed by atoms with Crippen LogP contribution in [0.3, 0.4) is 0 Å². The fourth-order valence-corrected chi connectivity index (χ4v) is 3.53. The van der Waals surface area contributed by atoms with Crippen LogP contribution in [0.4, 0.5) is 0 Å². The van der Waals surface area contributed by atoms with Crippen molar-refractivity contribution >= 4 is 15.7 Å². The molecule has 7 heteroatoms. The van der Waals surface area contributed by atoms with E-state index in [9.17, 15) is 13.2 Å². The lowest BCUT2D eigenvalue weighted by molar-refractivity contribution is -0.147. The molecule has 0 unspecified atom stereocenters. The highest BCUT2D eigenvalue weighted by Gasteiger charge is 2.36. The van der Waals surface area contributed by atoms with Crippen LogP contribution < -0.4 is 0 Å². The number of hydrogen-bond acceptors (Lipinski definition) is 5. The van der Waals surface area contributed by atoms with Gasteiger partial charge in [-0.3, -0.25) is 4.79 Å². The number of carbonyl (C=O) groups is 1. The number of benzene rings is 1. The van der Waals surface area contributed by atoms with Crippen molar-refractivity contribution in [2.75, 3.05) is 45.8 Å². The molecule has 0 aromatic heterocycles. The van der Waals surface area contributed by atoms with Gasteiger partial charge in [-0.25, -0.2) is 8.42 Å². The molecule has 0 N–H and O–H groups in total. The first-order valence-electron chi connectivity index (χ1n) is 8.06. The summed E-state index contributed by atoms with van der Waals surface area (Å²) in [6, 6.07) is 9.59. The fourth-order valence-electron chi connectivity index (χ4n) is 2.99. The molecule has 1 heterocycles. The second-order valence-electron chi connectivity index (χ2n) is 6.49. The minimum atomic E-state index is -3.16. The lowest BCUT2D eigenvalue weighted by Gasteiger charge is -2.42. The van der Waals surface area contributed by atoms with Crippen LogP contribution in [0.2, 0.25) is 0 Å². The molecule has 2 atom stereocenters. The van der Waals surface area contributed by atoms with Gasteiger partial charge in [0.1, 0.15) is 9.84 Å². The maximum Gasteiger partial charge on any atom is 0.224 e. The predicted molar refractivity (Wildman–Crippen MR) is 93.5 cm³/mol. The molecule has 6 nitrogen and oxygen atoms in total. The molecular formula is C17H26N2O4S. The molecule has 0 aliphatic carbocycles. The molecule has 0 saturated carbocycles. The summed E-state index contributed by atoms with van der Waals surface area (Å²) in [5, 5.41) is 0. The van der Waals surface area contributed by atoms with E-state index in [1.165, 1.54) is 0 Å². The molecule has 0 radical (unpaired) electrons. The summed E-state index contributed by atoms with van der Waals surface area (Å²) in [5.41, 5.74) is 1.01. The number of morpholine rings is 1. The van der Waals surface area contributed by atoms with Crippen LogP contribution in [0.25, 0.3) is 0 Å². The van der Waals surface area contributed by atoms with Gasteiger partial charge in [-0.05, 0) is 19.7 Å². The average molecular weight is 354 g/mol. The van der Waals surface area contributed by atoms with Gasteiger partial charge < -0.3 is 14.5 Å². The number of carbonyl (C=O) groups excluding carboxylic acids is 1. The minimum absolute atomic E-state index is 0.0108. The Balaban J connectivity index is 2.24. The maximum absolute atomic E-state index is 12.7. The zero-order valence-electron chi connectivity index (χ0n) is 14.5. The molecule has 2 rings (SSSR count). The van der Waals surface area contributed by atoms with E-state index in [1.807, 2.05) is 49.3 Å². The molecule has 1 saturated heterocycles. The second-order valence-corrected chi connectivity index (χ2v) is 8.75. The summed E-state index contributed by atoms with van der Waals surface area (Å²) in [4.78, 5) is 16.5. The summed E-state index contributed by atoms with van der Waals surface area (Å²) in [7, 11) is 0.777. The van der Waals surface area contributed by atoms with Gasteiger partial charge in [0.05, 0.1) is 24.5 Å². The molecule has 1 aromatic carbocycles. The highest BCUT2D eigenvalue weighted by Crippen LogP contribution is 2.30. The molecule has 1 aliphatic heterocycles. The lowest BCUT2D eigenvalue weighted by atomic mass is 9.97. The number of likely N-dealkylation sites (N-methyl/N-ethyl adjacent to an activating group) is 1. The van der Waals surface area contributed by atoms with Crippen LogP contribution in [0.15, 0.2) is 30.3 Å². The van der Waals surface area contributed by atoms with Crippen LogP contribution >= 0.6 is 0 Å². The number of hydrogen-bond donors (Lipinski definition) is 0. The topological polar surface area (TPSA) is 66.9 Å². The number of nitrogens with zero attached hydrogens (tertiary/aromatic N) is 2. The van der Waals surface area contributed by atoms with Crippen molar-refractivity contribution in [1.82, 2.24) is 9.80 Å². The van der Waals surface area contributed by atoms with Crippen molar-refractivity contribution in [3.05, 3.63) is 35.9 Å². The monoisotopic (exact) mass is 354 g/mol. The van der Waals surface area contributed by atoms with E-state index in [0.29, 0.717) is 19.7 Å². The Morgan fingerprint density at radius 1 is 1.29 bits per heavy atom.